The molecule has 1 atom stereocenters. The van der Waals surface area contributed by atoms with Crippen LogP contribution in [0.3, 0.4) is 0 Å². The molecule has 0 saturated heterocycles. The first-order valence-electron chi connectivity index (χ1n) is 5.95. The Morgan fingerprint density at radius 3 is 2.47 bits per heavy atom. The molecule has 2 rings (SSSR count). The molecule has 0 amide bonds. The van der Waals surface area contributed by atoms with E-state index in [0.717, 1.165) is 21.5 Å². The lowest BCUT2D eigenvalue weighted by molar-refractivity contribution is 0.416. The predicted molar refractivity (Wildman–Crippen MR) is 79.1 cm³/mol. The highest BCUT2D eigenvalue weighted by Crippen LogP contribution is 2.31. The molecule has 2 aromatic carbocycles. The first kappa shape index (κ1) is 13.9. The molecule has 4 heteroatoms. The van der Waals surface area contributed by atoms with Gasteiger partial charge in [0.1, 0.15) is 11.6 Å². The van der Waals surface area contributed by atoms with E-state index in [9.17, 15) is 4.39 Å². The predicted octanol–water partition coefficient (Wildman–Crippen LogP) is 4.77. The molecular formula is C15H15BrFNO. The number of hydrogen-bond donors (Lipinski definition) is 1. The first-order valence-corrected chi connectivity index (χ1v) is 6.75. The Morgan fingerprint density at radius 1 is 1.16 bits per heavy atom. The molecule has 0 bridgehead atoms. The summed E-state index contributed by atoms with van der Waals surface area (Å²) in [5, 5.41) is 3.36. The second kappa shape index (κ2) is 6.06. The van der Waals surface area contributed by atoms with Crippen LogP contribution in [0.25, 0.3) is 0 Å². The summed E-state index contributed by atoms with van der Waals surface area (Å²) < 4.78 is 19.2. The number of halogens is 2. The number of hydrogen-bond acceptors (Lipinski definition) is 2. The minimum absolute atomic E-state index is 0.0591. The summed E-state index contributed by atoms with van der Waals surface area (Å²) >= 11 is 3.44. The molecule has 0 aromatic heterocycles. The molecule has 100 valence electrons. The highest BCUT2D eigenvalue weighted by Gasteiger charge is 2.09. The zero-order valence-electron chi connectivity index (χ0n) is 10.8. The van der Waals surface area contributed by atoms with Crippen LogP contribution in [0, 0.1) is 5.82 Å². The van der Waals surface area contributed by atoms with E-state index in [0.29, 0.717) is 0 Å². The van der Waals surface area contributed by atoms with Crippen molar-refractivity contribution < 1.29 is 9.13 Å². The van der Waals surface area contributed by atoms with Crippen LogP contribution in [0.15, 0.2) is 46.9 Å². The molecule has 0 saturated carbocycles. The van der Waals surface area contributed by atoms with Crippen molar-refractivity contribution in [2.75, 3.05) is 12.4 Å². The molecule has 0 aliphatic rings. The maximum absolute atomic E-state index is 12.9. The number of methoxy groups -OCH3 is 1. The number of nitrogens with one attached hydrogen (secondary N) is 1. The summed E-state index contributed by atoms with van der Waals surface area (Å²) in [4.78, 5) is 0. The molecule has 2 nitrogen and oxygen atoms in total. The van der Waals surface area contributed by atoms with Crippen molar-refractivity contribution in [1.29, 1.82) is 0 Å². The smallest absolute Gasteiger partial charge is 0.142 e. The number of anilines is 1. The molecule has 0 aliphatic carbocycles. The Morgan fingerprint density at radius 2 is 1.84 bits per heavy atom. The minimum atomic E-state index is -0.226. The Hall–Kier alpha value is -1.55. The van der Waals surface area contributed by atoms with Gasteiger partial charge in [0.2, 0.25) is 0 Å². The molecule has 0 heterocycles. The molecule has 0 spiro atoms. The summed E-state index contributed by atoms with van der Waals surface area (Å²) in [6.07, 6.45) is 0. The van der Waals surface area contributed by atoms with E-state index in [1.807, 2.05) is 25.1 Å². The molecule has 0 fully saturated rings. The van der Waals surface area contributed by atoms with Gasteiger partial charge in [-0.15, -0.1) is 0 Å². The van der Waals surface area contributed by atoms with Gasteiger partial charge in [-0.25, -0.2) is 4.39 Å². The first-order chi connectivity index (χ1) is 9.10. The van der Waals surface area contributed by atoms with Gasteiger partial charge in [0.15, 0.2) is 0 Å². The van der Waals surface area contributed by atoms with Crippen molar-refractivity contribution in [2.45, 2.75) is 13.0 Å². The van der Waals surface area contributed by atoms with Crippen LogP contribution in [0.2, 0.25) is 0 Å². The Balaban J connectivity index is 2.20. The van der Waals surface area contributed by atoms with Crippen LogP contribution in [0.5, 0.6) is 5.75 Å². The monoisotopic (exact) mass is 323 g/mol. The van der Waals surface area contributed by atoms with Crippen molar-refractivity contribution >= 4 is 21.6 Å². The summed E-state index contributed by atoms with van der Waals surface area (Å²) in [6, 6.07) is 12.3. The summed E-state index contributed by atoms with van der Waals surface area (Å²) in [5.41, 5.74) is 1.91. The summed E-state index contributed by atoms with van der Waals surface area (Å²) in [6.45, 7) is 2.02. The summed E-state index contributed by atoms with van der Waals surface area (Å²) in [5.74, 6) is 0.549. The maximum Gasteiger partial charge on any atom is 0.142 e. The van der Waals surface area contributed by atoms with E-state index >= 15 is 0 Å². The fourth-order valence-electron chi connectivity index (χ4n) is 1.86. The van der Waals surface area contributed by atoms with E-state index in [2.05, 4.69) is 21.2 Å². The van der Waals surface area contributed by atoms with Gasteiger partial charge in [-0.3, -0.25) is 0 Å². The van der Waals surface area contributed by atoms with Crippen LogP contribution in [0.1, 0.15) is 18.5 Å². The van der Waals surface area contributed by atoms with Crippen molar-refractivity contribution in [3.8, 4) is 5.75 Å². The SMILES string of the molecule is COc1ccc(Br)cc1NC(C)c1ccc(F)cc1. The molecular weight excluding hydrogens is 309 g/mol. The second-order valence-electron chi connectivity index (χ2n) is 4.26. The van der Waals surface area contributed by atoms with E-state index in [1.165, 1.54) is 12.1 Å². The van der Waals surface area contributed by atoms with Gasteiger partial charge in [-0.2, -0.15) is 0 Å². The van der Waals surface area contributed by atoms with Gasteiger partial charge in [0.05, 0.1) is 12.8 Å². The number of rotatable bonds is 4. The van der Waals surface area contributed by atoms with Gasteiger partial charge < -0.3 is 10.1 Å². The largest absolute Gasteiger partial charge is 0.495 e. The van der Waals surface area contributed by atoms with Gasteiger partial charge in [-0.1, -0.05) is 28.1 Å². The average molecular weight is 324 g/mol. The molecule has 0 aliphatic heterocycles. The van der Waals surface area contributed by atoms with Gasteiger partial charge >= 0.3 is 0 Å². The third kappa shape index (κ3) is 3.47. The molecule has 19 heavy (non-hydrogen) atoms. The number of ether oxygens (including phenoxy) is 1. The normalized spacial score (nSPS) is 12.0. The van der Waals surface area contributed by atoms with E-state index in [1.54, 1.807) is 19.2 Å². The highest BCUT2D eigenvalue weighted by atomic mass is 79.9. The van der Waals surface area contributed by atoms with Gasteiger partial charge in [0.25, 0.3) is 0 Å². The Labute approximate surface area is 120 Å². The van der Waals surface area contributed by atoms with Crippen molar-refractivity contribution in [3.63, 3.8) is 0 Å². The lowest BCUT2D eigenvalue weighted by Crippen LogP contribution is -2.07. The van der Waals surface area contributed by atoms with Crippen LogP contribution >= 0.6 is 15.9 Å². The lowest BCUT2D eigenvalue weighted by atomic mass is 10.1. The fourth-order valence-corrected chi connectivity index (χ4v) is 2.22. The van der Waals surface area contributed by atoms with Crippen LogP contribution in [-0.4, -0.2) is 7.11 Å². The van der Waals surface area contributed by atoms with Crippen molar-refractivity contribution in [1.82, 2.24) is 0 Å². The molecule has 1 unspecified atom stereocenters. The Kier molecular flexibility index (Phi) is 4.43. The quantitative estimate of drug-likeness (QED) is 0.875. The third-order valence-electron chi connectivity index (χ3n) is 2.90. The van der Waals surface area contributed by atoms with Crippen LogP contribution in [0.4, 0.5) is 10.1 Å². The zero-order valence-corrected chi connectivity index (χ0v) is 12.4. The summed E-state index contributed by atoms with van der Waals surface area (Å²) in [7, 11) is 1.64. The van der Waals surface area contributed by atoms with Gasteiger partial charge in [0, 0.05) is 10.5 Å². The van der Waals surface area contributed by atoms with Crippen molar-refractivity contribution in [2.24, 2.45) is 0 Å². The molecule has 2 aromatic rings. The maximum atomic E-state index is 12.9. The van der Waals surface area contributed by atoms with Crippen LogP contribution in [-0.2, 0) is 0 Å². The Bertz CT molecular complexity index is 557. The highest BCUT2D eigenvalue weighted by molar-refractivity contribution is 9.10. The topological polar surface area (TPSA) is 21.3 Å². The van der Waals surface area contributed by atoms with Crippen LogP contribution < -0.4 is 10.1 Å². The standard InChI is InChI=1S/C15H15BrFNO/c1-10(11-3-6-13(17)7-4-11)18-14-9-12(16)5-8-15(14)19-2/h3-10,18H,1-2H3. The number of benzene rings is 2. The second-order valence-corrected chi connectivity index (χ2v) is 5.18. The van der Waals surface area contributed by atoms with E-state index in [-0.39, 0.29) is 11.9 Å². The van der Waals surface area contributed by atoms with E-state index in [4.69, 9.17) is 4.74 Å². The minimum Gasteiger partial charge on any atom is -0.495 e. The van der Waals surface area contributed by atoms with Crippen molar-refractivity contribution in [3.05, 3.63) is 58.3 Å². The lowest BCUT2D eigenvalue weighted by Gasteiger charge is -2.18. The zero-order chi connectivity index (χ0) is 13.8. The molecule has 0 radical (unpaired) electrons. The third-order valence-corrected chi connectivity index (χ3v) is 3.40. The molecule has 1 N–H and O–H groups in total. The van der Waals surface area contributed by atoms with E-state index < -0.39 is 0 Å². The fraction of sp³-hybridized carbons (Fsp3) is 0.200. The van der Waals surface area contributed by atoms with Gasteiger partial charge in [-0.05, 0) is 42.8 Å². The average Bonchev–Trinajstić information content (AvgIpc) is 2.39.